The fourth-order valence-corrected chi connectivity index (χ4v) is 10.8. The Morgan fingerprint density at radius 3 is 1.53 bits per heavy atom. The molecule has 2 aliphatic rings. The zero-order valence-corrected chi connectivity index (χ0v) is 38.8. The predicted octanol–water partition coefficient (Wildman–Crippen LogP) is 12.3. The maximum Gasteiger partial charge on any atom is 0.270 e. The Hall–Kier alpha value is -6.17. The normalized spacial score (nSPS) is 16.1. The van der Waals surface area contributed by atoms with Crippen LogP contribution in [0.5, 0.6) is 0 Å². The molecule has 0 aliphatic carbocycles. The summed E-state index contributed by atoms with van der Waals surface area (Å²) >= 11 is 3.38. The van der Waals surface area contributed by atoms with Gasteiger partial charge in [-0.3, -0.25) is 10.1 Å². The number of piperidine rings is 2. The second kappa shape index (κ2) is 21.0. The highest BCUT2D eigenvalue weighted by molar-refractivity contribution is 7.19. The van der Waals surface area contributed by atoms with Crippen molar-refractivity contribution in [1.29, 1.82) is 5.26 Å². The molecule has 66 heavy (non-hydrogen) atoms. The van der Waals surface area contributed by atoms with Crippen LogP contribution in [-0.4, -0.2) is 77.2 Å². The third kappa shape index (κ3) is 10.9. The Kier molecular flexibility index (Phi) is 14.3. The van der Waals surface area contributed by atoms with Crippen molar-refractivity contribution < 1.29 is 14.4 Å². The molecule has 2 fully saturated rings. The van der Waals surface area contributed by atoms with Crippen LogP contribution < -0.4 is 0 Å². The Balaban J connectivity index is 0.000000166. The molecule has 12 heteroatoms. The van der Waals surface area contributed by atoms with Gasteiger partial charge in [-0.25, -0.2) is 9.97 Å². The van der Waals surface area contributed by atoms with Crippen LogP contribution in [0.25, 0.3) is 42.7 Å². The molecule has 8 aromatic rings. The molecule has 2 aliphatic heterocycles. The maximum atomic E-state index is 11.2. The Morgan fingerprint density at radius 1 is 0.621 bits per heavy atom. The molecule has 334 valence electrons. The van der Waals surface area contributed by atoms with Gasteiger partial charge >= 0.3 is 0 Å². The molecule has 2 unspecified atom stereocenters. The van der Waals surface area contributed by atoms with Crippen molar-refractivity contribution in [3.05, 3.63) is 182 Å². The van der Waals surface area contributed by atoms with Crippen LogP contribution in [0.4, 0.5) is 5.69 Å². The molecular formula is C54H52N6O4S2. The molecule has 0 amide bonds. The number of ether oxygens (including phenoxy) is 2. The van der Waals surface area contributed by atoms with Gasteiger partial charge in [-0.1, -0.05) is 97.1 Å². The molecule has 2 saturated heterocycles. The molecule has 6 aromatic carbocycles. The monoisotopic (exact) mass is 912 g/mol. The SMILES string of the molecule is CN1CCC(OC(c2cccc(-c3cccc(CC#N)c3)c2)c2nc3ccccc3s2)CC1.CN1CCC(OC(c2cccc(-c3cccc([N+](=O)[O-])c3)c2)c2nc3ccccc3s2)CC1. The summed E-state index contributed by atoms with van der Waals surface area (Å²) in [4.78, 5) is 25.4. The first-order valence-corrected chi connectivity index (χ1v) is 24.2. The number of benzene rings is 6. The van der Waals surface area contributed by atoms with Crippen molar-refractivity contribution in [3.8, 4) is 28.3 Å². The Bertz CT molecular complexity index is 2900. The van der Waals surface area contributed by atoms with E-state index < -0.39 is 0 Å². The molecule has 0 saturated carbocycles. The van der Waals surface area contributed by atoms with E-state index in [2.05, 4.69) is 103 Å². The van der Waals surface area contributed by atoms with E-state index in [0.29, 0.717) is 6.42 Å². The van der Waals surface area contributed by atoms with Gasteiger partial charge < -0.3 is 19.3 Å². The van der Waals surface area contributed by atoms with Crippen molar-refractivity contribution in [1.82, 2.24) is 19.8 Å². The van der Waals surface area contributed by atoms with Gasteiger partial charge in [0.2, 0.25) is 0 Å². The van der Waals surface area contributed by atoms with Crippen LogP contribution in [0, 0.1) is 21.4 Å². The highest BCUT2D eigenvalue weighted by Gasteiger charge is 2.28. The lowest BCUT2D eigenvalue weighted by Gasteiger charge is -2.31. The summed E-state index contributed by atoms with van der Waals surface area (Å²) in [7, 11) is 4.31. The van der Waals surface area contributed by atoms with Gasteiger partial charge in [0.25, 0.3) is 5.69 Å². The third-order valence-corrected chi connectivity index (χ3v) is 14.5. The first kappa shape index (κ1) is 45.0. The number of rotatable bonds is 12. The molecule has 0 radical (unpaired) electrons. The van der Waals surface area contributed by atoms with Gasteiger partial charge in [-0.15, -0.1) is 22.7 Å². The number of nitro groups is 1. The number of nitro benzene ring substituents is 1. The minimum atomic E-state index is -0.361. The van der Waals surface area contributed by atoms with E-state index in [-0.39, 0.29) is 35.0 Å². The van der Waals surface area contributed by atoms with Crippen LogP contribution in [0.2, 0.25) is 0 Å². The minimum absolute atomic E-state index is 0.0863. The van der Waals surface area contributed by atoms with E-state index >= 15 is 0 Å². The molecule has 0 spiro atoms. The van der Waals surface area contributed by atoms with Crippen LogP contribution in [0.1, 0.15) is 64.6 Å². The minimum Gasteiger partial charge on any atom is -0.363 e. The summed E-state index contributed by atoms with van der Waals surface area (Å²) in [5, 5.41) is 22.3. The smallest absolute Gasteiger partial charge is 0.270 e. The lowest BCUT2D eigenvalue weighted by molar-refractivity contribution is -0.384. The highest BCUT2D eigenvalue weighted by Crippen LogP contribution is 2.39. The number of aromatic nitrogens is 2. The lowest BCUT2D eigenvalue weighted by atomic mass is 9.98. The predicted molar refractivity (Wildman–Crippen MR) is 266 cm³/mol. The molecule has 0 N–H and O–H groups in total. The van der Waals surface area contributed by atoms with Gasteiger partial charge in [-0.2, -0.15) is 5.26 Å². The average Bonchev–Trinajstić information content (AvgIpc) is 3.99. The number of likely N-dealkylation sites (tertiary alicyclic amines) is 2. The van der Waals surface area contributed by atoms with E-state index in [1.165, 1.54) is 10.8 Å². The second-order valence-corrected chi connectivity index (χ2v) is 19.3. The largest absolute Gasteiger partial charge is 0.363 e. The Morgan fingerprint density at radius 2 is 1.06 bits per heavy atom. The van der Waals surface area contributed by atoms with Crippen molar-refractivity contribution in [3.63, 3.8) is 0 Å². The quantitative estimate of drug-likeness (QED) is 0.0872. The molecule has 10 rings (SSSR count). The topological polar surface area (TPSA) is 118 Å². The number of fused-ring (bicyclic) bond motifs is 2. The first-order valence-electron chi connectivity index (χ1n) is 22.6. The number of para-hydroxylation sites is 2. The summed E-state index contributed by atoms with van der Waals surface area (Å²) in [5.41, 5.74) is 9.24. The Labute approximate surface area is 393 Å². The molecule has 10 nitrogen and oxygen atoms in total. The van der Waals surface area contributed by atoms with Crippen molar-refractivity contribution >= 4 is 48.8 Å². The summed E-state index contributed by atoms with van der Waals surface area (Å²) < 4.78 is 15.8. The second-order valence-electron chi connectivity index (χ2n) is 17.2. The van der Waals surface area contributed by atoms with E-state index in [4.69, 9.17) is 24.7 Å². The zero-order valence-electron chi connectivity index (χ0n) is 37.2. The molecule has 0 bridgehead atoms. The van der Waals surface area contributed by atoms with Crippen LogP contribution in [0.3, 0.4) is 0 Å². The van der Waals surface area contributed by atoms with Crippen LogP contribution >= 0.6 is 22.7 Å². The van der Waals surface area contributed by atoms with E-state index in [9.17, 15) is 10.1 Å². The molecular weight excluding hydrogens is 861 g/mol. The van der Waals surface area contributed by atoms with E-state index in [1.54, 1.807) is 34.8 Å². The fourth-order valence-electron chi connectivity index (χ4n) is 8.70. The van der Waals surface area contributed by atoms with Gasteiger partial charge in [0.1, 0.15) is 22.2 Å². The van der Waals surface area contributed by atoms with E-state index in [0.717, 1.165) is 117 Å². The van der Waals surface area contributed by atoms with Gasteiger partial charge in [-0.05, 0) is 115 Å². The molecule has 2 aromatic heterocycles. The summed E-state index contributed by atoms with van der Waals surface area (Å²) in [6, 6.07) is 50.4. The lowest BCUT2D eigenvalue weighted by Crippen LogP contribution is -2.35. The molecule has 2 atom stereocenters. The number of nitriles is 1. The van der Waals surface area contributed by atoms with Gasteiger partial charge in [0.15, 0.2) is 0 Å². The number of hydrogen-bond acceptors (Lipinski definition) is 11. The van der Waals surface area contributed by atoms with Gasteiger partial charge in [0.05, 0.1) is 50.1 Å². The summed E-state index contributed by atoms with van der Waals surface area (Å²) in [6.45, 7) is 4.15. The number of thiazole rings is 2. The number of non-ortho nitro benzene ring substituents is 1. The molecule has 4 heterocycles. The van der Waals surface area contributed by atoms with Crippen molar-refractivity contribution in [2.24, 2.45) is 0 Å². The number of nitrogens with zero attached hydrogens (tertiary/aromatic N) is 6. The fraction of sp³-hybridized carbons (Fsp3) is 0.278. The number of hydrogen-bond donors (Lipinski definition) is 0. The van der Waals surface area contributed by atoms with Crippen molar-refractivity contribution in [2.75, 3.05) is 40.3 Å². The maximum absolute atomic E-state index is 11.2. The zero-order chi connectivity index (χ0) is 45.4. The summed E-state index contributed by atoms with van der Waals surface area (Å²) in [5.74, 6) is 0. The first-order chi connectivity index (χ1) is 32.3. The van der Waals surface area contributed by atoms with E-state index in [1.807, 2.05) is 54.6 Å². The van der Waals surface area contributed by atoms with Crippen LogP contribution in [0.15, 0.2) is 146 Å². The summed E-state index contributed by atoms with van der Waals surface area (Å²) in [6.07, 6.45) is 4.38. The van der Waals surface area contributed by atoms with Gasteiger partial charge in [0, 0.05) is 38.3 Å². The average molecular weight is 913 g/mol. The standard InChI is InChI=1S/C28H27N3OS.C26H25N3O3S/c1-31-16-13-24(14-17-31)32-27(28-30-25-10-2-3-11-26(25)33-28)23-9-5-8-22(19-23)21-7-4-6-20(18-21)12-15-29;1-28-14-12-22(13-15-28)32-25(26-27-23-10-2-3-11-24(23)33-26)20-8-4-6-18(16-20)19-7-5-9-21(17-19)29(30)31/h2-11,18-19,24,27H,12-14,16-17H2,1H3;2-11,16-17,22,25H,12-15H2,1H3. The highest BCUT2D eigenvalue weighted by atomic mass is 32.1. The van der Waals surface area contributed by atoms with Crippen molar-refractivity contribution in [2.45, 2.75) is 56.5 Å². The van der Waals surface area contributed by atoms with Crippen LogP contribution in [-0.2, 0) is 15.9 Å². The third-order valence-electron chi connectivity index (χ3n) is 12.4.